The molecule has 0 unspecified atom stereocenters. The number of hydrogen-bond donors (Lipinski definition) is 0. The first-order valence-corrected chi connectivity index (χ1v) is 4.44. The Morgan fingerprint density at radius 2 is 2.07 bits per heavy atom. The standard InChI is InChI=1S/C9H12F3NO/c1-2-3-8(14)13(7-4-5-7)6-9(10,11)12/h2-3,7H,4-6H2,1H3. The molecule has 0 bridgehead atoms. The van der Waals surface area contributed by atoms with Gasteiger partial charge in [0, 0.05) is 6.04 Å². The molecule has 1 amide bonds. The first-order valence-electron chi connectivity index (χ1n) is 4.44. The lowest BCUT2D eigenvalue weighted by Gasteiger charge is -2.22. The van der Waals surface area contributed by atoms with E-state index < -0.39 is 18.6 Å². The Balaban J connectivity index is 2.59. The minimum Gasteiger partial charge on any atom is -0.327 e. The van der Waals surface area contributed by atoms with Gasteiger partial charge in [-0.3, -0.25) is 4.79 Å². The second-order valence-corrected chi connectivity index (χ2v) is 3.31. The van der Waals surface area contributed by atoms with E-state index in [1.54, 1.807) is 6.92 Å². The first kappa shape index (κ1) is 11.1. The van der Waals surface area contributed by atoms with E-state index in [4.69, 9.17) is 0 Å². The second-order valence-electron chi connectivity index (χ2n) is 3.31. The van der Waals surface area contributed by atoms with Gasteiger partial charge in [-0.2, -0.15) is 13.2 Å². The minimum atomic E-state index is -4.31. The van der Waals surface area contributed by atoms with Crippen LogP contribution in [0, 0.1) is 0 Å². The van der Waals surface area contributed by atoms with Crippen molar-refractivity contribution in [2.45, 2.75) is 32.0 Å². The van der Waals surface area contributed by atoms with Crippen LogP contribution in [-0.2, 0) is 4.79 Å². The van der Waals surface area contributed by atoms with Crippen molar-refractivity contribution < 1.29 is 18.0 Å². The largest absolute Gasteiger partial charge is 0.406 e. The van der Waals surface area contributed by atoms with E-state index in [1.807, 2.05) is 0 Å². The summed E-state index contributed by atoms with van der Waals surface area (Å²) in [5.74, 6) is -0.549. The Morgan fingerprint density at radius 3 is 2.43 bits per heavy atom. The van der Waals surface area contributed by atoms with E-state index in [1.165, 1.54) is 12.2 Å². The fourth-order valence-electron chi connectivity index (χ4n) is 1.20. The molecule has 0 spiro atoms. The summed E-state index contributed by atoms with van der Waals surface area (Å²) in [5.41, 5.74) is 0. The number of hydrogen-bond acceptors (Lipinski definition) is 1. The van der Waals surface area contributed by atoms with E-state index in [0.717, 1.165) is 4.90 Å². The van der Waals surface area contributed by atoms with E-state index in [2.05, 4.69) is 0 Å². The van der Waals surface area contributed by atoms with Gasteiger partial charge >= 0.3 is 6.18 Å². The molecule has 0 aliphatic heterocycles. The van der Waals surface area contributed by atoms with Gasteiger partial charge in [0.25, 0.3) is 0 Å². The van der Waals surface area contributed by atoms with Crippen molar-refractivity contribution in [2.75, 3.05) is 6.54 Å². The van der Waals surface area contributed by atoms with Crippen LogP contribution in [0.2, 0.25) is 0 Å². The number of carbonyl (C=O) groups is 1. The van der Waals surface area contributed by atoms with Crippen LogP contribution in [0.4, 0.5) is 13.2 Å². The highest BCUT2D eigenvalue weighted by molar-refractivity contribution is 5.88. The lowest BCUT2D eigenvalue weighted by Crippen LogP contribution is -2.39. The molecule has 0 aromatic rings. The summed E-state index contributed by atoms with van der Waals surface area (Å²) in [5, 5.41) is 0. The van der Waals surface area contributed by atoms with Crippen molar-refractivity contribution in [2.24, 2.45) is 0 Å². The van der Waals surface area contributed by atoms with Crippen molar-refractivity contribution >= 4 is 5.91 Å². The normalized spacial score (nSPS) is 17.4. The Kier molecular flexibility index (Phi) is 3.18. The number of allylic oxidation sites excluding steroid dienone is 1. The van der Waals surface area contributed by atoms with Crippen molar-refractivity contribution in [1.29, 1.82) is 0 Å². The van der Waals surface area contributed by atoms with E-state index in [-0.39, 0.29) is 6.04 Å². The van der Waals surface area contributed by atoms with Gasteiger partial charge in [-0.15, -0.1) is 0 Å². The van der Waals surface area contributed by atoms with E-state index in [0.29, 0.717) is 12.8 Å². The smallest absolute Gasteiger partial charge is 0.327 e. The van der Waals surface area contributed by atoms with Crippen LogP contribution >= 0.6 is 0 Å². The third-order valence-corrected chi connectivity index (χ3v) is 1.93. The third-order valence-electron chi connectivity index (χ3n) is 1.93. The van der Waals surface area contributed by atoms with Gasteiger partial charge in [0.15, 0.2) is 0 Å². The zero-order valence-corrected chi connectivity index (χ0v) is 7.84. The van der Waals surface area contributed by atoms with Gasteiger partial charge in [0.2, 0.25) is 5.91 Å². The monoisotopic (exact) mass is 207 g/mol. The van der Waals surface area contributed by atoms with Crippen LogP contribution in [-0.4, -0.2) is 29.6 Å². The molecule has 0 N–H and O–H groups in total. The maximum absolute atomic E-state index is 12.1. The van der Waals surface area contributed by atoms with Gasteiger partial charge in [0.05, 0.1) is 0 Å². The Labute approximate surface area is 80.4 Å². The predicted octanol–water partition coefficient (Wildman–Crippen LogP) is 2.12. The maximum Gasteiger partial charge on any atom is 0.406 e. The molecule has 0 atom stereocenters. The Morgan fingerprint density at radius 1 is 1.50 bits per heavy atom. The van der Waals surface area contributed by atoms with Crippen LogP contribution < -0.4 is 0 Å². The molecule has 1 fully saturated rings. The SMILES string of the molecule is CC=CC(=O)N(CC(F)(F)F)C1CC1. The van der Waals surface area contributed by atoms with E-state index >= 15 is 0 Å². The molecule has 1 aliphatic carbocycles. The zero-order chi connectivity index (χ0) is 10.8. The van der Waals surface area contributed by atoms with Crippen molar-refractivity contribution in [1.82, 2.24) is 4.90 Å². The summed E-state index contributed by atoms with van der Waals surface area (Å²) < 4.78 is 36.2. The van der Waals surface area contributed by atoms with Gasteiger partial charge in [-0.1, -0.05) is 6.08 Å². The molecular weight excluding hydrogens is 195 g/mol. The van der Waals surface area contributed by atoms with E-state index in [9.17, 15) is 18.0 Å². The molecule has 0 aromatic carbocycles. The topological polar surface area (TPSA) is 20.3 Å². The van der Waals surface area contributed by atoms with Crippen LogP contribution in [0.1, 0.15) is 19.8 Å². The van der Waals surface area contributed by atoms with Crippen molar-refractivity contribution in [3.63, 3.8) is 0 Å². The molecular formula is C9H12F3NO. The van der Waals surface area contributed by atoms with Crippen molar-refractivity contribution in [3.8, 4) is 0 Å². The fourth-order valence-corrected chi connectivity index (χ4v) is 1.20. The third kappa shape index (κ3) is 3.40. The molecule has 0 radical (unpaired) electrons. The first-order chi connectivity index (χ1) is 6.44. The molecule has 1 aliphatic rings. The van der Waals surface area contributed by atoms with Crippen LogP contribution in [0.5, 0.6) is 0 Å². The summed E-state index contributed by atoms with van der Waals surface area (Å²) in [6.07, 6.45) is -0.323. The number of amides is 1. The van der Waals surface area contributed by atoms with Gasteiger partial charge in [-0.25, -0.2) is 0 Å². The summed E-state index contributed by atoms with van der Waals surface area (Å²) in [6.45, 7) is 0.470. The summed E-state index contributed by atoms with van der Waals surface area (Å²) in [7, 11) is 0. The number of carbonyl (C=O) groups excluding carboxylic acids is 1. The molecule has 1 saturated carbocycles. The molecule has 2 nitrogen and oxygen atoms in total. The number of alkyl halides is 3. The van der Waals surface area contributed by atoms with Crippen molar-refractivity contribution in [3.05, 3.63) is 12.2 Å². The number of rotatable bonds is 3. The van der Waals surface area contributed by atoms with Gasteiger partial charge < -0.3 is 4.90 Å². The highest BCUT2D eigenvalue weighted by Crippen LogP contribution is 2.30. The average Bonchev–Trinajstić information content (AvgIpc) is 2.81. The molecule has 14 heavy (non-hydrogen) atoms. The predicted molar refractivity (Wildman–Crippen MR) is 45.6 cm³/mol. The lowest BCUT2D eigenvalue weighted by atomic mass is 10.4. The molecule has 0 saturated heterocycles. The molecule has 0 aromatic heterocycles. The highest BCUT2D eigenvalue weighted by Gasteiger charge is 2.39. The lowest BCUT2D eigenvalue weighted by molar-refractivity contribution is -0.159. The minimum absolute atomic E-state index is 0.208. The summed E-state index contributed by atoms with van der Waals surface area (Å²) in [6, 6.07) is -0.208. The molecule has 5 heteroatoms. The average molecular weight is 207 g/mol. The summed E-state index contributed by atoms with van der Waals surface area (Å²) >= 11 is 0. The molecule has 1 rings (SSSR count). The molecule has 80 valence electrons. The van der Waals surface area contributed by atoms with Gasteiger partial charge in [-0.05, 0) is 25.8 Å². The summed E-state index contributed by atoms with van der Waals surface area (Å²) in [4.78, 5) is 12.1. The second kappa shape index (κ2) is 4.02. The fraction of sp³-hybridized carbons (Fsp3) is 0.667. The quantitative estimate of drug-likeness (QED) is 0.649. The Bertz CT molecular complexity index is 243. The van der Waals surface area contributed by atoms with Crippen LogP contribution in [0.3, 0.4) is 0 Å². The van der Waals surface area contributed by atoms with Crippen LogP contribution in [0.15, 0.2) is 12.2 Å². The maximum atomic E-state index is 12.1. The Hall–Kier alpha value is -1.00. The molecule has 0 heterocycles. The zero-order valence-electron chi connectivity index (χ0n) is 7.84. The van der Waals surface area contributed by atoms with Gasteiger partial charge in [0.1, 0.15) is 6.54 Å². The highest BCUT2D eigenvalue weighted by atomic mass is 19.4. The number of nitrogens with zero attached hydrogens (tertiary/aromatic N) is 1. The number of halogens is 3. The van der Waals surface area contributed by atoms with Crippen LogP contribution in [0.25, 0.3) is 0 Å².